The van der Waals surface area contributed by atoms with Gasteiger partial charge >= 0.3 is 0 Å². The molecule has 1 aliphatic rings. The summed E-state index contributed by atoms with van der Waals surface area (Å²) in [4.78, 5) is 15.9. The SMILES string of the molecule is CCOC(C)(C)CN1C(=O)C(C(C)C)NC1c1cccs1. The lowest BCUT2D eigenvalue weighted by molar-refractivity contribution is -0.135. The summed E-state index contributed by atoms with van der Waals surface area (Å²) in [6.07, 6.45) is -0.0374. The summed E-state index contributed by atoms with van der Waals surface area (Å²) in [5.74, 6) is 0.455. The quantitative estimate of drug-likeness (QED) is 0.878. The lowest BCUT2D eigenvalue weighted by Gasteiger charge is -2.33. The topological polar surface area (TPSA) is 41.6 Å². The van der Waals surface area contributed by atoms with Crippen molar-refractivity contribution < 1.29 is 9.53 Å². The Bertz CT molecular complexity index is 471. The van der Waals surface area contributed by atoms with Gasteiger partial charge in [0, 0.05) is 11.5 Å². The maximum atomic E-state index is 12.7. The van der Waals surface area contributed by atoms with Crippen molar-refractivity contribution in [2.75, 3.05) is 13.2 Å². The Balaban J connectivity index is 2.23. The van der Waals surface area contributed by atoms with Crippen LogP contribution in [-0.4, -0.2) is 35.6 Å². The van der Waals surface area contributed by atoms with Crippen molar-refractivity contribution >= 4 is 17.2 Å². The molecule has 2 unspecified atom stereocenters. The van der Waals surface area contributed by atoms with Gasteiger partial charge in [0.2, 0.25) is 5.91 Å². The van der Waals surface area contributed by atoms with E-state index in [0.29, 0.717) is 13.2 Å². The Morgan fingerprint density at radius 2 is 2.19 bits per heavy atom. The molecule has 1 aliphatic heterocycles. The van der Waals surface area contributed by atoms with Gasteiger partial charge in [0.1, 0.15) is 6.17 Å². The number of amides is 1. The minimum atomic E-state index is -0.340. The second-order valence-corrected chi connectivity index (χ2v) is 7.44. The van der Waals surface area contributed by atoms with Crippen LogP contribution in [0, 0.1) is 5.92 Å². The van der Waals surface area contributed by atoms with Crippen LogP contribution in [0.15, 0.2) is 17.5 Å². The van der Waals surface area contributed by atoms with Gasteiger partial charge in [0.15, 0.2) is 0 Å². The largest absolute Gasteiger partial charge is 0.374 e. The molecule has 1 aromatic heterocycles. The summed E-state index contributed by atoms with van der Waals surface area (Å²) >= 11 is 1.68. The van der Waals surface area contributed by atoms with Crippen molar-refractivity contribution in [2.45, 2.75) is 52.4 Å². The van der Waals surface area contributed by atoms with E-state index in [1.165, 1.54) is 4.88 Å². The molecule has 4 nitrogen and oxygen atoms in total. The first kappa shape index (κ1) is 16.5. The van der Waals surface area contributed by atoms with Crippen LogP contribution < -0.4 is 5.32 Å². The normalized spacial score (nSPS) is 23.3. The number of nitrogens with zero attached hydrogens (tertiary/aromatic N) is 1. The van der Waals surface area contributed by atoms with Crippen molar-refractivity contribution in [3.63, 3.8) is 0 Å². The van der Waals surface area contributed by atoms with Crippen LogP contribution >= 0.6 is 11.3 Å². The third kappa shape index (κ3) is 3.65. The molecule has 0 radical (unpaired) electrons. The van der Waals surface area contributed by atoms with Gasteiger partial charge in [-0.1, -0.05) is 19.9 Å². The first-order valence-electron chi connectivity index (χ1n) is 7.59. The minimum absolute atomic E-state index is 0.0374. The van der Waals surface area contributed by atoms with Gasteiger partial charge in [-0.25, -0.2) is 0 Å². The Morgan fingerprint density at radius 1 is 1.48 bits per heavy atom. The predicted molar refractivity (Wildman–Crippen MR) is 86.2 cm³/mol. The van der Waals surface area contributed by atoms with E-state index >= 15 is 0 Å². The molecule has 118 valence electrons. The fraction of sp³-hybridized carbons (Fsp3) is 0.688. The Morgan fingerprint density at radius 3 is 2.71 bits per heavy atom. The Hall–Kier alpha value is -0.910. The first-order valence-corrected chi connectivity index (χ1v) is 8.47. The first-order chi connectivity index (χ1) is 9.85. The summed E-state index contributed by atoms with van der Waals surface area (Å²) in [5.41, 5.74) is -0.340. The molecule has 1 amide bonds. The van der Waals surface area contributed by atoms with Gasteiger partial charge in [-0.05, 0) is 38.1 Å². The van der Waals surface area contributed by atoms with Gasteiger partial charge in [-0.3, -0.25) is 10.1 Å². The van der Waals surface area contributed by atoms with E-state index in [2.05, 4.69) is 30.6 Å². The fourth-order valence-electron chi connectivity index (χ4n) is 2.81. The van der Waals surface area contributed by atoms with Gasteiger partial charge in [-0.15, -0.1) is 11.3 Å². The van der Waals surface area contributed by atoms with Crippen molar-refractivity contribution in [1.29, 1.82) is 0 Å². The minimum Gasteiger partial charge on any atom is -0.374 e. The number of carbonyl (C=O) groups is 1. The molecule has 0 spiro atoms. The highest BCUT2D eigenvalue weighted by molar-refractivity contribution is 7.10. The van der Waals surface area contributed by atoms with E-state index in [1.54, 1.807) is 11.3 Å². The summed E-state index contributed by atoms with van der Waals surface area (Å²) in [5, 5.41) is 5.54. The van der Waals surface area contributed by atoms with Crippen LogP contribution in [0.5, 0.6) is 0 Å². The number of rotatable bonds is 6. The van der Waals surface area contributed by atoms with Crippen LogP contribution in [0.3, 0.4) is 0 Å². The molecule has 2 heterocycles. The molecule has 1 fully saturated rings. The molecule has 1 N–H and O–H groups in total. The third-order valence-electron chi connectivity index (χ3n) is 3.76. The summed E-state index contributed by atoms with van der Waals surface area (Å²) in [6.45, 7) is 11.5. The molecule has 0 aliphatic carbocycles. The maximum Gasteiger partial charge on any atom is 0.241 e. The monoisotopic (exact) mass is 310 g/mol. The molecule has 0 saturated carbocycles. The molecule has 5 heteroatoms. The lowest BCUT2D eigenvalue weighted by atomic mass is 10.0. The lowest BCUT2D eigenvalue weighted by Crippen LogP contribution is -2.44. The van der Waals surface area contributed by atoms with Crippen LogP contribution in [0.4, 0.5) is 0 Å². The average Bonchev–Trinajstić information content (AvgIpc) is 2.98. The molecular weight excluding hydrogens is 284 g/mol. The number of thiophene rings is 1. The fourth-order valence-corrected chi connectivity index (χ4v) is 3.61. The predicted octanol–water partition coefficient (Wildman–Crippen LogP) is 3.02. The van der Waals surface area contributed by atoms with Crippen molar-refractivity contribution in [1.82, 2.24) is 10.2 Å². The van der Waals surface area contributed by atoms with Crippen molar-refractivity contribution in [3.8, 4) is 0 Å². The van der Waals surface area contributed by atoms with E-state index < -0.39 is 0 Å². The molecule has 2 rings (SSSR count). The van der Waals surface area contributed by atoms with E-state index in [1.807, 2.05) is 31.7 Å². The standard InChI is InChI=1S/C16H26N2O2S/c1-6-20-16(4,5)10-18-14(12-8-7-9-21-12)17-13(11(2)3)15(18)19/h7-9,11,13-14,17H,6,10H2,1-5H3. The van der Waals surface area contributed by atoms with Crippen LogP contribution in [-0.2, 0) is 9.53 Å². The highest BCUT2D eigenvalue weighted by Crippen LogP contribution is 2.32. The van der Waals surface area contributed by atoms with Crippen molar-refractivity contribution in [3.05, 3.63) is 22.4 Å². The van der Waals surface area contributed by atoms with E-state index in [-0.39, 0.29) is 29.6 Å². The van der Waals surface area contributed by atoms with Crippen molar-refractivity contribution in [2.24, 2.45) is 5.92 Å². The number of hydrogen-bond donors (Lipinski definition) is 1. The summed E-state index contributed by atoms with van der Waals surface area (Å²) in [7, 11) is 0. The second-order valence-electron chi connectivity index (χ2n) is 6.47. The third-order valence-corrected chi connectivity index (χ3v) is 4.69. The highest BCUT2D eigenvalue weighted by atomic mass is 32.1. The molecule has 0 bridgehead atoms. The molecule has 0 aromatic carbocycles. The summed E-state index contributed by atoms with van der Waals surface area (Å²) in [6, 6.07) is 3.99. The molecule has 21 heavy (non-hydrogen) atoms. The van der Waals surface area contributed by atoms with Crippen LogP contribution in [0.25, 0.3) is 0 Å². The zero-order valence-corrected chi connectivity index (χ0v) is 14.4. The molecule has 1 aromatic rings. The maximum absolute atomic E-state index is 12.7. The van der Waals surface area contributed by atoms with E-state index in [4.69, 9.17) is 4.74 Å². The Kier molecular flexibility index (Phi) is 5.07. The van der Waals surface area contributed by atoms with E-state index in [9.17, 15) is 4.79 Å². The number of ether oxygens (including phenoxy) is 1. The van der Waals surface area contributed by atoms with Gasteiger partial charge in [0.25, 0.3) is 0 Å². The average molecular weight is 310 g/mol. The zero-order chi connectivity index (χ0) is 15.6. The summed E-state index contributed by atoms with van der Waals surface area (Å²) < 4.78 is 5.78. The molecule has 1 saturated heterocycles. The number of hydrogen-bond acceptors (Lipinski definition) is 4. The zero-order valence-electron chi connectivity index (χ0n) is 13.6. The van der Waals surface area contributed by atoms with Gasteiger partial charge in [-0.2, -0.15) is 0 Å². The van der Waals surface area contributed by atoms with E-state index in [0.717, 1.165) is 0 Å². The van der Waals surface area contributed by atoms with Crippen LogP contribution in [0.2, 0.25) is 0 Å². The Labute approximate surface area is 131 Å². The van der Waals surface area contributed by atoms with Crippen LogP contribution in [0.1, 0.15) is 45.7 Å². The molecule has 2 atom stereocenters. The molecular formula is C16H26N2O2S. The van der Waals surface area contributed by atoms with Gasteiger partial charge in [0.05, 0.1) is 18.2 Å². The number of carbonyl (C=O) groups excluding carboxylic acids is 1. The van der Waals surface area contributed by atoms with Gasteiger partial charge < -0.3 is 9.64 Å². The highest BCUT2D eigenvalue weighted by Gasteiger charge is 2.43. The smallest absolute Gasteiger partial charge is 0.241 e. The second kappa shape index (κ2) is 6.46. The number of nitrogens with one attached hydrogen (secondary N) is 1.